The van der Waals surface area contributed by atoms with E-state index < -0.39 is 29.6 Å². The molecule has 0 atom stereocenters. The maximum Gasteiger partial charge on any atom is 0.335 e. The summed E-state index contributed by atoms with van der Waals surface area (Å²) in [6, 6.07) is 13.7. The van der Waals surface area contributed by atoms with Crippen LogP contribution in [0.15, 0.2) is 57.9 Å². The number of carboxylic acid groups (broad SMARTS) is 1. The highest BCUT2D eigenvalue weighted by Gasteiger charge is 2.36. The first-order valence-corrected chi connectivity index (χ1v) is 11.5. The second kappa shape index (κ2) is 9.63. The SMILES string of the molecule is Cc1cc(C(=O)O)ccc1-c1ccc(/C=C2/SC(=O)N(CC(=O)Nc3c(C)cccc3C)C2=O)o1. The predicted octanol–water partition coefficient (Wildman–Crippen LogP) is 5.25. The van der Waals surface area contributed by atoms with Crippen LogP contribution in [0.4, 0.5) is 10.5 Å². The Labute approximate surface area is 205 Å². The summed E-state index contributed by atoms with van der Waals surface area (Å²) in [7, 11) is 0. The number of hydrogen-bond acceptors (Lipinski definition) is 6. The van der Waals surface area contributed by atoms with Crippen molar-refractivity contribution in [3.63, 3.8) is 0 Å². The summed E-state index contributed by atoms with van der Waals surface area (Å²) in [5.74, 6) is -1.20. The van der Waals surface area contributed by atoms with Crippen molar-refractivity contribution < 1.29 is 28.7 Å². The highest BCUT2D eigenvalue weighted by Crippen LogP contribution is 2.34. The van der Waals surface area contributed by atoms with Gasteiger partial charge in [0.05, 0.1) is 10.5 Å². The average molecular weight is 491 g/mol. The van der Waals surface area contributed by atoms with Gasteiger partial charge in [0.2, 0.25) is 5.91 Å². The molecule has 178 valence electrons. The van der Waals surface area contributed by atoms with Gasteiger partial charge in [-0.2, -0.15) is 0 Å². The minimum atomic E-state index is -1.02. The van der Waals surface area contributed by atoms with Crippen LogP contribution in [0.5, 0.6) is 0 Å². The van der Waals surface area contributed by atoms with E-state index in [4.69, 9.17) is 9.52 Å². The van der Waals surface area contributed by atoms with Crippen molar-refractivity contribution in [1.82, 2.24) is 4.90 Å². The van der Waals surface area contributed by atoms with Crippen LogP contribution in [0.25, 0.3) is 17.4 Å². The lowest BCUT2D eigenvalue weighted by Gasteiger charge is -2.15. The molecule has 2 N–H and O–H groups in total. The van der Waals surface area contributed by atoms with E-state index in [1.165, 1.54) is 12.1 Å². The number of amides is 3. The lowest BCUT2D eigenvalue weighted by Crippen LogP contribution is -2.36. The van der Waals surface area contributed by atoms with Crippen LogP contribution in [0, 0.1) is 20.8 Å². The van der Waals surface area contributed by atoms with Gasteiger partial charge in [0, 0.05) is 17.3 Å². The number of carbonyl (C=O) groups is 4. The van der Waals surface area contributed by atoms with Crippen molar-refractivity contribution in [2.75, 3.05) is 11.9 Å². The molecule has 0 spiro atoms. The Kier molecular flexibility index (Phi) is 6.61. The number of aryl methyl sites for hydroxylation is 3. The Hall–Kier alpha value is -4.11. The Bertz CT molecular complexity index is 1380. The van der Waals surface area contributed by atoms with Gasteiger partial charge in [-0.1, -0.05) is 24.3 Å². The number of imide groups is 1. The second-order valence-electron chi connectivity index (χ2n) is 8.12. The topological polar surface area (TPSA) is 117 Å². The van der Waals surface area contributed by atoms with Crippen LogP contribution in [-0.4, -0.2) is 39.6 Å². The zero-order valence-electron chi connectivity index (χ0n) is 19.2. The maximum absolute atomic E-state index is 12.8. The van der Waals surface area contributed by atoms with Gasteiger partial charge in [-0.3, -0.25) is 19.3 Å². The zero-order chi connectivity index (χ0) is 25.3. The molecule has 1 aliphatic heterocycles. The number of rotatable bonds is 6. The molecular formula is C26H22N2O6S. The fourth-order valence-corrected chi connectivity index (χ4v) is 4.57. The van der Waals surface area contributed by atoms with Gasteiger partial charge in [0.25, 0.3) is 11.1 Å². The third-order valence-electron chi connectivity index (χ3n) is 5.56. The van der Waals surface area contributed by atoms with E-state index >= 15 is 0 Å². The van der Waals surface area contributed by atoms with Crippen LogP contribution in [0.3, 0.4) is 0 Å². The minimum Gasteiger partial charge on any atom is -0.478 e. The molecule has 0 saturated carbocycles. The molecule has 4 rings (SSSR count). The number of benzene rings is 2. The molecule has 35 heavy (non-hydrogen) atoms. The van der Waals surface area contributed by atoms with Crippen LogP contribution in [0.1, 0.15) is 32.8 Å². The van der Waals surface area contributed by atoms with Gasteiger partial charge < -0.3 is 14.8 Å². The monoisotopic (exact) mass is 490 g/mol. The number of carboxylic acids is 1. The Balaban J connectivity index is 1.48. The molecule has 2 heterocycles. The number of nitrogens with zero attached hydrogens (tertiary/aromatic N) is 1. The minimum absolute atomic E-state index is 0.147. The largest absolute Gasteiger partial charge is 0.478 e. The molecule has 0 bridgehead atoms. The summed E-state index contributed by atoms with van der Waals surface area (Å²) >= 11 is 0.738. The smallest absolute Gasteiger partial charge is 0.335 e. The van der Waals surface area contributed by atoms with E-state index in [0.29, 0.717) is 22.8 Å². The van der Waals surface area contributed by atoms with Crippen LogP contribution in [-0.2, 0) is 9.59 Å². The average Bonchev–Trinajstić information content (AvgIpc) is 3.36. The normalized spacial score (nSPS) is 14.6. The van der Waals surface area contributed by atoms with Crippen LogP contribution in [0.2, 0.25) is 0 Å². The highest BCUT2D eigenvalue weighted by atomic mass is 32.2. The molecule has 1 aliphatic rings. The van der Waals surface area contributed by atoms with Crippen molar-refractivity contribution in [1.29, 1.82) is 0 Å². The summed E-state index contributed by atoms with van der Waals surface area (Å²) in [4.78, 5) is 50.0. The van der Waals surface area contributed by atoms with E-state index in [0.717, 1.165) is 33.4 Å². The van der Waals surface area contributed by atoms with E-state index in [2.05, 4.69) is 5.32 Å². The second-order valence-corrected chi connectivity index (χ2v) is 9.11. The fraction of sp³-hybridized carbons (Fsp3) is 0.154. The highest BCUT2D eigenvalue weighted by molar-refractivity contribution is 8.18. The number of carbonyl (C=O) groups excluding carboxylic acids is 3. The lowest BCUT2D eigenvalue weighted by molar-refractivity contribution is -0.127. The third kappa shape index (κ3) is 5.04. The number of furan rings is 1. The molecule has 2 aromatic carbocycles. The third-order valence-corrected chi connectivity index (χ3v) is 6.47. The van der Waals surface area contributed by atoms with Gasteiger partial charge in [-0.25, -0.2) is 4.79 Å². The van der Waals surface area contributed by atoms with E-state index in [-0.39, 0.29) is 10.5 Å². The molecule has 1 aromatic heterocycles. The van der Waals surface area contributed by atoms with Gasteiger partial charge >= 0.3 is 5.97 Å². The predicted molar refractivity (Wildman–Crippen MR) is 133 cm³/mol. The van der Waals surface area contributed by atoms with Crippen molar-refractivity contribution in [3.05, 3.63) is 81.5 Å². The summed E-state index contributed by atoms with van der Waals surface area (Å²) in [5.41, 5.74) is 4.04. The van der Waals surface area contributed by atoms with E-state index in [9.17, 15) is 19.2 Å². The summed E-state index contributed by atoms with van der Waals surface area (Å²) in [6.07, 6.45) is 1.46. The molecule has 1 saturated heterocycles. The van der Waals surface area contributed by atoms with Crippen molar-refractivity contribution in [3.8, 4) is 11.3 Å². The van der Waals surface area contributed by atoms with Crippen molar-refractivity contribution >= 4 is 46.5 Å². The molecule has 0 aliphatic carbocycles. The number of para-hydroxylation sites is 1. The summed E-state index contributed by atoms with van der Waals surface area (Å²) < 4.78 is 5.82. The lowest BCUT2D eigenvalue weighted by atomic mass is 10.0. The molecule has 8 nitrogen and oxygen atoms in total. The summed E-state index contributed by atoms with van der Waals surface area (Å²) in [5, 5.41) is 11.4. The fourth-order valence-electron chi connectivity index (χ4n) is 3.75. The first-order valence-electron chi connectivity index (χ1n) is 10.7. The molecule has 3 aromatic rings. The van der Waals surface area contributed by atoms with Crippen molar-refractivity contribution in [2.24, 2.45) is 0 Å². The number of nitrogens with one attached hydrogen (secondary N) is 1. The van der Waals surface area contributed by atoms with Crippen LogP contribution >= 0.6 is 11.8 Å². The summed E-state index contributed by atoms with van der Waals surface area (Å²) in [6.45, 7) is 5.11. The number of anilines is 1. The standard InChI is InChI=1S/C26H22N2O6S/c1-14-5-4-6-15(2)23(14)27-22(29)13-28-24(30)21(35-26(28)33)12-18-8-10-20(34-18)19-9-7-17(25(31)32)11-16(19)3/h4-12H,13H2,1-3H3,(H,27,29)(H,31,32)/b21-12+. The van der Waals surface area contributed by atoms with Gasteiger partial charge in [0.15, 0.2) is 0 Å². The maximum atomic E-state index is 12.8. The number of hydrogen-bond donors (Lipinski definition) is 2. The van der Waals surface area contributed by atoms with E-state index in [1.807, 2.05) is 32.0 Å². The Morgan fingerprint density at radius 2 is 1.74 bits per heavy atom. The molecule has 1 fully saturated rings. The van der Waals surface area contributed by atoms with Gasteiger partial charge in [-0.05, 0) is 73.5 Å². The first kappa shape index (κ1) is 24.0. The molecular weight excluding hydrogens is 468 g/mol. The van der Waals surface area contributed by atoms with E-state index in [1.54, 1.807) is 31.2 Å². The molecule has 9 heteroatoms. The Morgan fingerprint density at radius 1 is 1.03 bits per heavy atom. The first-order chi connectivity index (χ1) is 16.6. The Morgan fingerprint density at radius 3 is 2.40 bits per heavy atom. The van der Waals surface area contributed by atoms with Gasteiger partial charge in [-0.15, -0.1) is 0 Å². The van der Waals surface area contributed by atoms with Crippen LogP contribution < -0.4 is 5.32 Å². The molecule has 0 radical (unpaired) electrons. The van der Waals surface area contributed by atoms with Crippen molar-refractivity contribution in [2.45, 2.75) is 20.8 Å². The quantitative estimate of drug-likeness (QED) is 0.454. The molecule has 3 amide bonds. The number of aromatic carboxylic acids is 1. The number of thioether (sulfide) groups is 1. The van der Waals surface area contributed by atoms with Gasteiger partial charge in [0.1, 0.15) is 18.1 Å². The zero-order valence-corrected chi connectivity index (χ0v) is 20.1. The molecule has 0 unspecified atom stereocenters.